The predicted molar refractivity (Wildman–Crippen MR) is 91.2 cm³/mol. The van der Waals surface area contributed by atoms with Crippen LogP contribution < -0.4 is 5.32 Å². The summed E-state index contributed by atoms with van der Waals surface area (Å²) in [5.41, 5.74) is 2.04. The second kappa shape index (κ2) is 6.12. The lowest BCUT2D eigenvalue weighted by Crippen LogP contribution is -2.34. The topological polar surface area (TPSA) is 32.3 Å². The van der Waals surface area contributed by atoms with Crippen LogP contribution in [-0.2, 0) is 0 Å². The largest absolute Gasteiger partial charge is 0.323 e. The molecule has 2 amide bonds. The van der Waals surface area contributed by atoms with Gasteiger partial charge in [0.15, 0.2) is 0 Å². The minimum Gasteiger partial charge on any atom is -0.308 e. The molecule has 1 saturated heterocycles. The minimum absolute atomic E-state index is 0.0140. The Kier molecular flexibility index (Phi) is 4.22. The van der Waals surface area contributed by atoms with Crippen LogP contribution in [0.25, 0.3) is 0 Å². The monoisotopic (exact) mass is 318 g/mol. The van der Waals surface area contributed by atoms with E-state index in [4.69, 9.17) is 0 Å². The Hall–Kier alpha value is -1.46. The number of urea groups is 1. The van der Waals surface area contributed by atoms with Gasteiger partial charge >= 0.3 is 6.03 Å². The molecule has 2 heterocycles. The van der Waals surface area contributed by atoms with Gasteiger partial charge in [-0.2, -0.15) is 0 Å². The number of nitrogens with zero attached hydrogens (tertiary/aromatic N) is 1. The van der Waals surface area contributed by atoms with Gasteiger partial charge in [-0.1, -0.05) is 17.7 Å². The number of benzene rings is 1. The number of carbonyl (C=O) groups is 1. The molecule has 1 atom stereocenters. The molecule has 0 saturated carbocycles. The third-order valence-electron chi connectivity index (χ3n) is 3.46. The van der Waals surface area contributed by atoms with Crippen LogP contribution in [0.2, 0.25) is 0 Å². The molecule has 0 bridgehead atoms. The predicted octanol–water partition coefficient (Wildman–Crippen LogP) is 4.64. The molecular formula is C16H18N2OS2. The van der Waals surface area contributed by atoms with Gasteiger partial charge in [0.05, 0.1) is 0 Å². The summed E-state index contributed by atoms with van der Waals surface area (Å²) in [5.74, 6) is 0.989. The molecule has 1 aliphatic heterocycles. The van der Waals surface area contributed by atoms with E-state index in [1.165, 1.54) is 15.3 Å². The Morgan fingerprint density at radius 1 is 1.19 bits per heavy atom. The molecule has 1 aromatic heterocycles. The summed E-state index contributed by atoms with van der Waals surface area (Å²) < 4.78 is 0. The lowest BCUT2D eigenvalue weighted by molar-refractivity contribution is 0.215. The van der Waals surface area contributed by atoms with E-state index in [2.05, 4.69) is 24.4 Å². The third kappa shape index (κ3) is 3.24. The molecule has 2 aromatic rings. The minimum atomic E-state index is -0.0140. The van der Waals surface area contributed by atoms with E-state index in [1.54, 1.807) is 11.3 Å². The SMILES string of the molecule is Cc1ccc(NC(=O)N2CCSC2c2ccc(C)s2)cc1. The number of hydrogen-bond donors (Lipinski definition) is 1. The van der Waals surface area contributed by atoms with E-state index in [1.807, 2.05) is 47.9 Å². The first-order chi connectivity index (χ1) is 10.1. The zero-order chi connectivity index (χ0) is 14.8. The zero-order valence-electron chi connectivity index (χ0n) is 12.1. The number of hydrogen-bond acceptors (Lipinski definition) is 3. The van der Waals surface area contributed by atoms with Crippen molar-refractivity contribution < 1.29 is 4.79 Å². The summed E-state index contributed by atoms with van der Waals surface area (Å²) in [6.07, 6.45) is 0. The molecule has 3 rings (SSSR count). The van der Waals surface area contributed by atoms with E-state index in [9.17, 15) is 4.79 Å². The first-order valence-corrected chi connectivity index (χ1v) is 8.82. The van der Waals surface area contributed by atoms with E-state index in [0.29, 0.717) is 0 Å². The fraction of sp³-hybridized carbons (Fsp3) is 0.312. The number of thioether (sulfide) groups is 1. The molecule has 0 radical (unpaired) electrons. The fourth-order valence-electron chi connectivity index (χ4n) is 2.33. The highest BCUT2D eigenvalue weighted by Crippen LogP contribution is 2.41. The molecule has 110 valence electrons. The zero-order valence-corrected chi connectivity index (χ0v) is 13.8. The van der Waals surface area contributed by atoms with Gasteiger partial charge in [0.25, 0.3) is 0 Å². The Balaban J connectivity index is 1.72. The van der Waals surface area contributed by atoms with Gasteiger partial charge in [-0.3, -0.25) is 0 Å². The number of anilines is 1. The van der Waals surface area contributed by atoms with Gasteiger partial charge in [0.1, 0.15) is 5.37 Å². The molecule has 0 aliphatic carbocycles. The second-order valence-corrected chi connectivity index (χ2v) is 7.67. The number of nitrogens with one attached hydrogen (secondary N) is 1. The van der Waals surface area contributed by atoms with Crippen LogP contribution in [0.15, 0.2) is 36.4 Å². The third-order valence-corrected chi connectivity index (χ3v) is 5.90. The molecule has 1 fully saturated rings. The van der Waals surface area contributed by atoms with Gasteiger partial charge in [-0.05, 0) is 38.1 Å². The fourth-order valence-corrected chi connectivity index (χ4v) is 4.70. The lowest BCUT2D eigenvalue weighted by Gasteiger charge is -2.23. The van der Waals surface area contributed by atoms with Crippen molar-refractivity contribution in [3.63, 3.8) is 0 Å². The van der Waals surface area contributed by atoms with E-state index < -0.39 is 0 Å². The van der Waals surface area contributed by atoms with Gasteiger partial charge < -0.3 is 10.2 Å². The molecule has 1 aliphatic rings. The molecule has 5 heteroatoms. The van der Waals surface area contributed by atoms with Gasteiger partial charge in [0.2, 0.25) is 0 Å². The molecule has 3 nitrogen and oxygen atoms in total. The number of carbonyl (C=O) groups excluding carboxylic acids is 1. The van der Waals surface area contributed by atoms with Gasteiger partial charge in [0, 0.05) is 27.7 Å². The van der Waals surface area contributed by atoms with Crippen molar-refractivity contribution in [1.82, 2.24) is 4.90 Å². The second-order valence-electron chi connectivity index (χ2n) is 5.16. The quantitative estimate of drug-likeness (QED) is 0.874. The van der Waals surface area contributed by atoms with Crippen LogP contribution in [0.1, 0.15) is 20.7 Å². The van der Waals surface area contributed by atoms with Crippen LogP contribution in [0, 0.1) is 13.8 Å². The smallest absolute Gasteiger partial charge is 0.308 e. The summed E-state index contributed by atoms with van der Waals surface area (Å²) >= 11 is 3.61. The maximum absolute atomic E-state index is 12.5. The highest BCUT2D eigenvalue weighted by Gasteiger charge is 2.31. The average Bonchev–Trinajstić information content (AvgIpc) is 3.09. The average molecular weight is 318 g/mol. The van der Waals surface area contributed by atoms with E-state index >= 15 is 0 Å². The first kappa shape index (κ1) is 14.5. The van der Waals surface area contributed by atoms with Crippen LogP contribution in [0.5, 0.6) is 0 Å². The summed E-state index contributed by atoms with van der Waals surface area (Å²) in [4.78, 5) is 17.0. The number of rotatable bonds is 2. The summed E-state index contributed by atoms with van der Waals surface area (Å²) in [7, 11) is 0. The highest BCUT2D eigenvalue weighted by molar-refractivity contribution is 7.99. The van der Waals surface area contributed by atoms with Crippen molar-refractivity contribution in [3.8, 4) is 0 Å². The van der Waals surface area contributed by atoms with Crippen molar-refractivity contribution in [1.29, 1.82) is 0 Å². The van der Waals surface area contributed by atoms with Crippen LogP contribution >= 0.6 is 23.1 Å². The van der Waals surface area contributed by atoms with E-state index in [0.717, 1.165) is 18.0 Å². The molecule has 1 N–H and O–H groups in total. The van der Waals surface area contributed by atoms with Crippen LogP contribution in [0.3, 0.4) is 0 Å². The van der Waals surface area contributed by atoms with E-state index in [-0.39, 0.29) is 11.4 Å². The van der Waals surface area contributed by atoms with Gasteiger partial charge in [-0.15, -0.1) is 23.1 Å². The van der Waals surface area contributed by atoms with Crippen LogP contribution in [0.4, 0.5) is 10.5 Å². The number of amides is 2. The van der Waals surface area contributed by atoms with Crippen molar-refractivity contribution in [2.75, 3.05) is 17.6 Å². The Morgan fingerprint density at radius 2 is 1.95 bits per heavy atom. The molecule has 0 spiro atoms. The normalized spacial score (nSPS) is 18.0. The van der Waals surface area contributed by atoms with Crippen molar-refractivity contribution in [2.24, 2.45) is 0 Å². The van der Waals surface area contributed by atoms with Crippen molar-refractivity contribution in [3.05, 3.63) is 51.7 Å². The maximum atomic E-state index is 12.5. The summed E-state index contributed by atoms with van der Waals surface area (Å²) in [6.45, 7) is 4.94. The molecule has 1 aromatic carbocycles. The Bertz CT molecular complexity index is 636. The standard InChI is InChI=1S/C16H18N2OS2/c1-11-3-6-13(7-4-11)17-16(19)18-9-10-20-15(18)14-8-5-12(2)21-14/h3-8,15H,9-10H2,1-2H3,(H,17,19). The molecular weight excluding hydrogens is 300 g/mol. The summed E-state index contributed by atoms with van der Waals surface area (Å²) in [5, 5.41) is 3.14. The van der Waals surface area contributed by atoms with Crippen molar-refractivity contribution >= 4 is 34.8 Å². The lowest BCUT2D eigenvalue weighted by atomic mass is 10.2. The first-order valence-electron chi connectivity index (χ1n) is 6.96. The Morgan fingerprint density at radius 3 is 2.62 bits per heavy atom. The van der Waals surface area contributed by atoms with Gasteiger partial charge in [-0.25, -0.2) is 4.79 Å². The summed E-state index contributed by atoms with van der Waals surface area (Å²) in [6, 6.07) is 12.1. The Labute approximate surface area is 133 Å². The maximum Gasteiger partial charge on any atom is 0.323 e. The molecule has 1 unspecified atom stereocenters. The highest BCUT2D eigenvalue weighted by atomic mass is 32.2. The number of thiophene rings is 1. The van der Waals surface area contributed by atoms with Crippen molar-refractivity contribution in [2.45, 2.75) is 19.2 Å². The van der Waals surface area contributed by atoms with Crippen LogP contribution in [-0.4, -0.2) is 23.2 Å². The number of aryl methyl sites for hydroxylation is 2. The molecule has 21 heavy (non-hydrogen) atoms.